The topological polar surface area (TPSA) is 86.3 Å². The quantitative estimate of drug-likeness (QED) is 0.447. The van der Waals surface area contributed by atoms with E-state index >= 15 is 0 Å². The summed E-state index contributed by atoms with van der Waals surface area (Å²) in [6.07, 6.45) is 2.68. The fraction of sp³-hybridized carbons (Fsp3) is 0.280. The molecule has 1 aromatic heterocycles. The molecule has 0 aliphatic carbocycles. The van der Waals surface area contributed by atoms with E-state index in [9.17, 15) is 4.79 Å². The van der Waals surface area contributed by atoms with E-state index < -0.39 is 5.97 Å². The van der Waals surface area contributed by atoms with Crippen LogP contribution in [0.4, 0.5) is 11.5 Å². The van der Waals surface area contributed by atoms with Gasteiger partial charge in [0.25, 0.3) is 0 Å². The number of hydrogen-bond donors (Lipinski definition) is 4. The molecule has 4 N–H and O–H groups in total. The van der Waals surface area contributed by atoms with Crippen molar-refractivity contribution in [2.45, 2.75) is 31.8 Å². The van der Waals surface area contributed by atoms with Crippen LogP contribution in [0.3, 0.4) is 0 Å². The van der Waals surface area contributed by atoms with Crippen molar-refractivity contribution in [1.29, 1.82) is 0 Å². The number of aromatic nitrogens is 1. The van der Waals surface area contributed by atoms with E-state index in [-0.39, 0.29) is 18.5 Å². The molecule has 3 aromatic rings. The number of anilines is 2. The second-order valence-electron chi connectivity index (χ2n) is 7.96. The molecule has 0 amide bonds. The Balaban J connectivity index is 1.47. The van der Waals surface area contributed by atoms with Gasteiger partial charge < -0.3 is 21.1 Å². The van der Waals surface area contributed by atoms with Crippen molar-refractivity contribution in [3.05, 3.63) is 89.1 Å². The largest absolute Gasteiger partial charge is 0.481 e. The molecule has 0 saturated carbocycles. The van der Waals surface area contributed by atoms with Crippen molar-refractivity contribution in [1.82, 2.24) is 10.3 Å². The van der Waals surface area contributed by atoms with Gasteiger partial charge in [0.15, 0.2) is 0 Å². The Labute approximate surface area is 182 Å². The second-order valence-corrected chi connectivity index (χ2v) is 7.96. The second kappa shape index (κ2) is 9.62. The zero-order valence-electron chi connectivity index (χ0n) is 17.6. The number of carboxylic acids is 1. The Morgan fingerprint density at radius 2 is 2.03 bits per heavy atom. The van der Waals surface area contributed by atoms with Crippen LogP contribution in [0.2, 0.25) is 0 Å². The van der Waals surface area contributed by atoms with Gasteiger partial charge in [-0.05, 0) is 54.3 Å². The molecule has 160 valence electrons. The minimum Gasteiger partial charge on any atom is -0.481 e. The Kier molecular flexibility index (Phi) is 6.48. The lowest BCUT2D eigenvalue weighted by molar-refractivity contribution is -0.136. The van der Waals surface area contributed by atoms with Gasteiger partial charge in [-0.15, -0.1) is 0 Å². The minimum absolute atomic E-state index is 0.0530. The summed E-state index contributed by atoms with van der Waals surface area (Å²) in [5.74, 6) is 0.0699. The number of aliphatic carboxylic acids is 1. The van der Waals surface area contributed by atoms with Crippen molar-refractivity contribution in [3.63, 3.8) is 0 Å². The lowest BCUT2D eigenvalue weighted by Crippen LogP contribution is -2.44. The number of nitrogens with one attached hydrogen (secondary N) is 3. The smallest absolute Gasteiger partial charge is 0.307 e. The highest BCUT2D eigenvalue weighted by atomic mass is 16.4. The van der Waals surface area contributed by atoms with Crippen LogP contribution < -0.4 is 16.0 Å². The number of carbonyl (C=O) groups is 1. The lowest BCUT2D eigenvalue weighted by atomic mass is 9.96. The first-order valence-electron chi connectivity index (χ1n) is 10.6. The molecule has 4 rings (SSSR count). The summed E-state index contributed by atoms with van der Waals surface area (Å²) in [6.45, 7) is 3.65. The van der Waals surface area contributed by atoms with Gasteiger partial charge in [-0.3, -0.25) is 4.79 Å². The molecule has 0 spiro atoms. The normalized spacial score (nSPS) is 16.0. The molecule has 1 aliphatic rings. The van der Waals surface area contributed by atoms with Crippen LogP contribution >= 0.6 is 0 Å². The minimum atomic E-state index is -0.804. The van der Waals surface area contributed by atoms with E-state index in [1.165, 1.54) is 16.7 Å². The fourth-order valence-electron chi connectivity index (χ4n) is 4.10. The standard InChI is InChI=1S/C25H28N4O2/c1-17-9-10-18(15-23(30)31)14-20(17)11-13-26-24(19-6-3-2-4-7-19)22-16-28-21-8-5-12-27-25(21)29-22/h2-10,12,14,22,24,26,28H,11,13,15-16H2,1H3,(H,27,29)(H,30,31)/t22-,24-/m1/s1. The van der Waals surface area contributed by atoms with Gasteiger partial charge in [0.05, 0.1) is 24.2 Å². The zero-order valence-corrected chi connectivity index (χ0v) is 17.6. The average Bonchev–Trinajstić information content (AvgIpc) is 2.78. The molecule has 2 aromatic carbocycles. The van der Waals surface area contributed by atoms with Gasteiger partial charge in [-0.2, -0.15) is 0 Å². The molecule has 31 heavy (non-hydrogen) atoms. The van der Waals surface area contributed by atoms with Crippen LogP contribution in [0.5, 0.6) is 0 Å². The molecule has 2 atom stereocenters. The van der Waals surface area contributed by atoms with E-state index in [2.05, 4.69) is 52.1 Å². The number of rotatable bonds is 8. The van der Waals surface area contributed by atoms with Crippen molar-refractivity contribution in [3.8, 4) is 0 Å². The Hall–Kier alpha value is -3.38. The van der Waals surface area contributed by atoms with Gasteiger partial charge in [0.2, 0.25) is 0 Å². The summed E-state index contributed by atoms with van der Waals surface area (Å²) in [6, 6.07) is 20.6. The Morgan fingerprint density at radius 1 is 1.19 bits per heavy atom. The molecule has 0 unspecified atom stereocenters. The van der Waals surface area contributed by atoms with E-state index in [0.717, 1.165) is 36.6 Å². The molecule has 2 heterocycles. The van der Waals surface area contributed by atoms with Crippen LogP contribution in [0, 0.1) is 6.92 Å². The number of carboxylic acid groups (broad SMARTS) is 1. The summed E-state index contributed by atoms with van der Waals surface area (Å²) in [4.78, 5) is 15.5. The van der Waals surface area contributed by atoms with Crippen LogP contribution in [0.15, 0.2) is 66.9 Å². The lowest BCUT2D eigenvalue weighted by Gasteiger charge is -2.34. The molecular formula is C25H28N4O2. The predicted octanol–water partition coefficient (Wildman–Crippen LogP) is 3.80. The van der Waals surface area contributed by atoms with Gasteiger partial charge in [0, 0.05) is 12.7 Å². The highest BCUT2D eigenvalue weighted by molar-refractivity contribution is 5.70. The molecule has 6 heteroatoms. The summed E-state index contributed by atoms with van der Waals surface area (Å²) >= 11 is 0. The first-order valence-corrected chi connectivity index (χ1v) is 10.6. The number of benzene rings is 2. The number of nitrogens with zero attached hydrogens (tertiary/aromatic N) is 1. The Morgan fingerprint density at radius 3 is 2.84 bits per heavy atom. The predicted molar refractivity (Wildman–Crippen MR) is 124 cm³/mol. The maximum atomic E-state index is 11.1. The van der Waals surface area contributed by atoms with E-state index in [4.69, 9.17) is 5.11 Å². The molecule has 0 fully saturated rings. The van der Waals surface area contributed by atoms with Crippen molar-refractivity contribution in [2.24, 2.45) is 0 Å². The summed E-state index contributed by atoms with van der Waals surface area (Å²) in [5, 5.41) is 19.9. The van der Waals surface area contributed by atoms with Crippen molar-refractivity contribution >= 4 is 17.5 Å². The van der Waals surface area contributed by atoms with Crippen molar-refractivity contribution in [2.75, 3.05) is 23.7 Å². The highest BCUT2D eigenvalue weighted by Crippen LogP contribution is 2.28. The first kappa shape index (κ1) is 20.9. The van der Waals surface area contributed by atoms with Crippen LogP contribution in [0.25, 0.3) is 0 Å². The van der Waals surface area contributed by atoms with Crippen LogP contribution in [-0.2, 0) is 17.6 Å². The molecule has 0 bridgehead atoms. The average molecular weight is 417 g/mol. The SMILES string of the molecule is Cc1ccc(CC(=O)O)cc1CCN[C@H](c1ccccc1)[C@H]1CNc2cccnc2N1. The molecule has 6 nitrogen and oxygen atoms in total. The summed E-state index contributed by atoms with van der Waals surface area (Å²) in [5.41, 5.74) is 5.45. The van der Waals surface area contributed by atoms with Gasteiger partial charge >= 0.3 is 5.97 Å². The summed E-state index contributed by atoms with van der Waals surface area (Å²) in [7, 11) is 0. The van der Waals surface area contributed by atoms with Crippen molar-refractivity contribution < 1.29 is 9.90 Å². The fourth-order valence-corrected chi connectivity index (χ4v) is 4.10. The number of pyridine rings is 1. The number of aryl methyl sites for hydroxylation is 1. The number of fused-ring (bicyclic) bond motifs is 1. The van der Waals surface area contributed by atoms with Gasteiger partial charge in [-0.25, -0.2) is 4.98 Å². The highest BCUT2D eigenvalue weighted by Gasteiger charge is 2.27. The number of hydrogen-bond acceptors (Lipinski definition) is 5. The third-order valence-electron chi connectivity index (χ3n) is 5.73. The van der Waals surface area contributed by atoms with Gasteiger partial charge in [-0.1, -0.05) is 48.5 Å². The van der Waals surface area contributed by atoms with Crippen LogP contribution in [0.1, 0.15) is 28.3 Å². The third-order valence-corrected chi connectivity index (χ3v) is 5.73. The van der Waals surface area contributed by atoms with E-state index in [1.807, 2.05) is 36.4 Å². The summed E-state index contributed by atoms with van der Waals surface area (Å²) < 4.78 is 0. The third kappa shape index (κ3) is 5.22. The molecule has 0 saturated heterocycles. The monoisotopic (exact) mass is 416 g/mol. The molecule has 0 radical (unpaired) electrons. The molecular weight excluding hydrogens is 388 g/mol. The maximum Gasteiger partial charge on any atom is 0.307 e. The van der Waals surface area contributed by atoms with E-state index in [0.29, 0.717) is 0 Å². The van der Waals surface area contributed by atoms with Gasteiger partial charge in [0.1, 0.15) is 5.82 Å². The maximum absolute atomic E-state index is 11.1. The Bertz CT molecular complexity index is 1040. The van der Waals surface area contributed by atoms with Crippen LogP contribution in [-0.4, -0.2) is 35.2 Å². The zero-order chi connectivity index (χ0) is 21.6. The van der Waals surface area contributed by atoms with E-state index in [1.54, 1.807) is 6.20 Å². The first-order chi connectivity index (χ1) is 15.1. The molecule has 1 aliphatic heterocycles.